The van der Waals surface area contributed by atoms with Crippen LogP contribution in [0.2, 0.25) is 0 Å². The summed E-state index contributed by atoms with van der Waals surface area (Å²) in [6.07, 6.45) is 2.24. The van der Waals surface area contributed by atoms with Crippen LogP contribution in [0.5, 0.6) is 0 Å². The second kappa shape index (κ2) is 4.88. The molecule has 2 unspecified atom stereocenters. The normalized spacial score (nSPS) is 24.2. The van der Waals surface area contributed by atoms with Gasteiger partial charge in [0.25, 0.3) is 0 Å². The summed E-state index contributed by atoms with van der Waals surface area (Å²) >= 11 is 0. The first kappa shape index (κ1) is 12.9. The van der Waals surface area contributed by atoms with E-state index in [0.29, 0.717) is 12.1 Å². The largest absolute Gasteiger partial charge is 0.350 e. The van der Waals surface area contributed by atoms with Gasteiger partial charge in [0.1, 0.15) is 0 Å². The SMILES string of the molecule is CCC1C2c3ccccc3Cc3ccccc3N2CN1C. The Bertz CT molecular complexity index is 664. The Hall–Kier alpha value is -1.80. The highest BCUT2D eigenvalue weighted by atomic mass is 15.4. The molecule has 0 radical (unpaired) electrons. The fourth-order valence-corrected chi connectivity index (χ4v) is 4.15. The third kappa shape index (κ3) is 1.90. The fourth-order valence-electron chi connectivity index (χ4n) is 4.15. The maximum Gasteiger partial charge on any atom is 0.0715 e. The molecule has 2 aromatic rings. The van der Waals surface area contributed by atoms with Gasteiger partial charge in [-0.1, -0.05) is 49.4 Å². The molecule has 1 saturated heterocycles. The minimum atomic E-state index is 0.486. The molecule has 0 aromatic heterocycles. The Labute approximate surface area is 127 Å². The Morgan fingerprint density at radius 2 is 1.71 bits per heavy atom. The predicted molar refractivity (Wildman–Crippen MR) is 87.6 cm³/mol. The van der Waals surface area contributed by atoms with Crippen LogP contribution in [-0.4, -0.2) is 24.7 Å². The highest BCUT2D eigenvalue weighted by molar-refractivity contribution is 5.61. The van der Waals surface area contributed by atoms with Crippen molar-refractivity contribution in [1.29, 1.82) is 0 Å². The summed E-state index contributed by atoms with van der Waals surface area (Å²) in [6, 6.07) is 19.0. The summed E-state index contributed by atoms with van der Waals surface area (Å²) in [4.78, 5) is 5.11. The molecule has 0 saturated carbocycles. The monoisotopic (exact) mass is 278 g/mol. The molecular formula is C19H22N2. The van der Waals surface area contributed by atoms with Gasteiger partial charge in [-0.2, -0.15) is 0 Å². The predicted octanol–water partition coefficient (Wildman–Crippen LogP) is 3.82. The van der Waals surface area contributed by atoms with Gasteiger partial charge >= 0.3 is 0 Å². The summed E-state index contributed by atoms with van der Waals surface area (Å²) in [5.41, 5.74) is 5.88. The fraction of sp³-hybridized carbons (Fsp3) is 0.368. The van der Waals surface area contributed by atoms with E-state index in [9.17, 15) is 0 Å². The number of nitrogens with zero attached hydrogens (tertiary/aromatic N) is 2. The van der Waals surface area contributed by atoms with Crippen LogP contribution in [0.15, 0.2) is 48.5 Å². The van der Waals surface area contributed by atoms with E-state index in [1.54, 1.807) is 0 Å². The first-order chi connectivity index (χ1) is 10.3. The average Bonchev–Trinajstić information content (AvgIpc) is 2.77. The van der Waals surface area contributed by atoms with Crippen LogP contribution in [0.3, 0.4) is 0 Å². The lowest BCUT2D eigenvalue weighted by atomic mass is 9.92. The van der Waals surface area contributed by atoms with Crippen LogP contribution < -0.4 is 4.90 Å². The number of anilines is 1. The van der Waals surface area contributed by atoms with E-state index >= 15 is 0 Å². The molecule has 4 rings (SSSR count). The number of rotatable bonds is 1. The van der Waals surface area contributed by atoms with Crippen LogP contribution in [0.1, 0.15) is 36.1 Å². The number of hydrogen-bond donors (Lipinski definition) is 0. The Balaban J connectivity index is 1.94. The van der Waals surface area contributed by atoms with E-state index in [1.807, 2.05) is 0 Å². The number of para-hydroxylation sites is 1. The van der Waals surface area contributed by atoms with Gasteiger partial charge in [-0.3, -0.25) is 4.90 Å². The standard InChI is InChI=1S/C19H22N2/c1-3-17-19-16-10-6-4-8-14(16)12-15-9-5-7-11-18(15)21(19)13-20(17)2/h4-11,17,19H,3,12-13H2,1-2H3. The Morgan fingerprint density at radius 3 is 2.52 bits per heavy atom. The van der Waals surface area contributed by atoms with Crippen molar-refractivity contribution in [3.8, 4) is 0 Å². The smallest absolute Gasteiger partial charge is 0.0715 e. The van der Waals surface area contributed by atoms with E-state index in [1.165, 1.54) is 28.8 Å². The lowest BCUT2D eigenvalue weighted by molar-refractivity contribution is 0.290. The summed E-state index contributed by atoms with van der Waals surface area (Å²) < 4.78 is 0. The summed E-state index contributed by atoms with van der Waals surface area (Å²) in [5.74, 6) is 0. The average molecular weight is 278 g/mol. The van der Waals surface area contributed by atoms with Gasteiger partial charge in [0, 0.05) is 11.7 Å². The quantitative estimate of drug-likeness (QED) is 0.782. The second-order valence-corrected chi connectivity index (χ2v) is 6.29. The summed E-state index contributed by atoms with van der Waals surface area (Å²) in [5, 5.41) is 0. The second-order valence-electron chi connectivity index (χ2n) is 6.29. The minimum absolute atomic E-state index is 0.486. The molecule has 0 spiro atoms. The van der Waals surface area contributed by atoms with Gasteiger partial charge in [-0.15, -0.1) is 0 Å². The molecular weight excluding hydrogens is 256 g/mol. The number of hydrogen-bond acceptors (Lipinski definition) is 2. The van der Waals surface area contributed by atoms with Crippen molar-refractivity contribution >= 4 is 5.69 Å². The zero-order valence-electron chi connectivity index (χ0n) is 12.8. The van der Waals surface area contributed by atoms with Gasteiger partial charge in [0.15, 0.2) is 0 Å². The maximum absolute atomic E-state index is 2.61. The zero-order valence-corrected chi connectivity index (χ0v) is 12.8. The van der Waals surface area contributed by atoms with Gasteiger partial charge in [0.2, 0.25) is 0 Å². The topological polar surface area (TPSA) is 6.48 Å². The highest BCUT2D eigenvalue weighted by Gasteiger charge is 2.40. The molecule has 2 atom stereocenters. The van der Waals surface area contributed by atoms with Crippen LogP contribution in [0, 0.1) is 0 Å². The molecule has 2 nitrogen and oxygen atoms in total. The lowest BCUT2D eigenvalue weighted by Crippen LogP contribution is -2.28. The lowest BCUT2D eigenvalue weighted by Gasteiger charge is -2.29. The molecule has 0 amide bonds. The molecule has 21 heavy (non-hydrogen) atoms. The number of likely N-dealkylation sites (N-methyl/N-ethyl adjacent to an activating group) is 1. The van der Waals surface area contributed by atoms with Crippen molar-refractivity contribution in [1.82, 2.24) is 4.90 Å². The van der Waals surface area contributed by atoms with E-state index in [2.05, 4.69) is 72.3 Å². The van der Waals surface area contributed by atoms with Crippen LogP contribution in [0.25, 0.3) is 0 Å². The van der Waals surface area contributed by atoms with Crippen molar-refractivity contribution in [3.05, 3.63) is 65.2 Å². The molecule has 2 aromatic carbocycles. The third-order valence-corrected chi connectivity index (χ3v) is 5.12. The summed E-state index contributed by atoms with van der Waals surface area (Å²) in [7, 11) is 2.26. The molecule has 0 aliphatic carbocycles. The molecule has 2 aliphatic heterocycles. The van der Waals surface area contributed by atoms with E-state index in [0.717, 1.165) is 13.1 Å². The maximum atomic E-state index is 2.61. The first-order valence-corrected chi connectivity index (χ1v) is 7.92. The molecule has 2 aliphatic rings. The van der Waals surface area contributed by atoms with Crippen molar-refractivity contribution in [2.45, 2.75) is 31.8 Å². The van der Waals surface area contributed by atoms with Crippen molar-refractivity contribution in [3.63, 3.8) is 0 Å². The van der Waals surface area contributed by atoms with Crippen LogP contribution >= 0.6 is 0 Å². The van der Waals surface area contributed by atoms with Gasteiger partial charge < -0.3 is 4.90 Å². The number of benzene rings is 2. The molecule has 1 fully saturated rings. The molecule has 2 heteroatoms. The zero-order chi connectivity index (χ0) is 14.4. The Kier molecular flexibility index (Phi) is 3.00. The minimum Gasteiger partial charge on any atom is -0.350 e. The third-order valence-electron chi connectivity index (χ3n) is 5.12. The van der Waals surface area contributed by atoms with E-state index in [-0.39, 0.29) is 0 Å². The van der Waals surface area contributed by atoms with Crippen LogP contribution in [-0.2, 0) is 6.42 Å². The van der Waals surface area contributed by atoms with E-state index in [4.69, 9.17) is 0 Å². The first-order valence-electron chi connectivity index (χ1n) is 7.92. The van der Waals surface area contributed by atoms with Crippen molar-refractivity contribution in [2.24, 2.45) is 0 Å². The number of fused-ring (bicyclic) bond motifs is 5. The van der Waals surface area contributed by atoms with Crippen molar-refractivity contribution in [2.75, 3.05) is 18.6 Å². The Morgan fingerprint density at radius 1 is 1.00 bits per heavy atom. The summed E-state index contributed by atoms with van der Waals surface area (Å²) in [6.45, 7) is 3.33. The molecule has 0 bridgehead atoms. The molecule has 2 heterocycles. The van der Waals surface area contributed by atoms with Gasteiger partial charge in [-0.05, 0) is 42.6 Å². The van der Waals surface area contributed by atoms with Crippen molar-refractivity contribution < 1.29 is 0 Å². The van der Waals surface area contributed by atoms with E-state index < -0.39 is 0 Å². The molecule has 108 valence electrons. The highest BCUT2D eigenvalue weighted by Crippen LogP contribution is 2.44. The van der Waals surface area contributed by atoms with Crippen LogP contribution in [0.4, 0.5) is 5.69 Å². The van der Waals surface area contributed by atoms with Gasteiger partial charge in [0.05, 0.1) is 12.7 Å². The van der Waals surface area contributed by atoms with Gasteiger partial charge in [-0.25, -0.2) is 0 Å². The molecule has 0 N–H and O–H groups in total.